The Bertz CT molecular complexity index is 437. The van der Waals surface area contributed by atoms with Crippen molar-refractivity contribution in [2.45, 2.75) is 6.92 Å². The second-order valence-electron chi connectivity index (χ2n) is 2.47. The number of fused-ring (bicyclic) bond motifs is 1. The molecule has 0 aliphatic carbocycles. The Kier molecular flexibility index (Phi) is 1.54. The van der Waals surface area contributed by atoms with Crippen LogP contribution < -0.4 is 0 Å². The molecule has 0 radical (unpaired) electrons. The number of aryl methyl sites for hydroxylation is 1. The third kappa shape index (κ3) is 0.972. The normalized spacial score (nSPS) is 10.8. The zero-order valence-electron chi connectivity index (χ0n) is 6.32. The van der Waals surface area contributed by atoms with Crippen LogP contribution in [0.5, 0.6) is 5.75 Å². The van der Waals surface area contributed by atoms with E-state index in [-0.39, 0.29) is 5.75 Å². The van der Waals surface area contributed by atoms with Crippen LogP contribution >= 0.6 is 15.9 Å². The maximum Gasteiger partial charge on any atom is 0.198 e. The molecule has 0 bridgehead atoms. The van der Waals surface area contributed by atoms with Gasteiger partial charge in [-0.1, -0.05) is 0 Å². The van der Waals surface area contributed by atoms with Crippen LogP contribution in [0, 0.1) is 6.92 Å². The first-order chi connectivity index (χ1) is 5.68. The molecular formula is C7H6BrN3O. The van der Waals surface area contributed by atoms with E-state index in [9.17, 15) is 5.11 Å². The van der Waals surface area contributed by atoms with Crippen molar-refractivity contribution >= 4 is 21.6 Å². The molecule has 0 saturated carbocycles. The van der Waals surface area contributed by atoms with E-state index >= 15 is 0 Å². The standard InChI is InChI=1S/C7H6BrN3O/c1-4-6(12)7-9-2-5(8)3-11(7)10-4/h2-3,12H,1H3. The quantitative estimate of drug-likeness (QED) is 0.743. The molecule has 0 fully saturated rings. The molecule has 1 N–H and O–H groups in total. The number of hydrogen-bond acceptors (Lipinski definition) is 3. The van der Waals surface area contributed by atoms with E-state index in [4.69, 9.17) is 0 Å². The molecule has 0 amide bonds. The number of aromatic nitrogens is 3. The van der Waals surface area contributed by atoms with Crippen molar-refractivity contribution < 1.29 is 5.11 Å². The Morgan fingerprint density at radius 1 is 1.58 bits per heavy atom. The molecule has 0 atom stereocenters. The number of halogens is 1. The molecule has 62 valence electrons. The zero-order valence-corrected chi connectivity index (χ0v) is 7.91. The van der Waals surface area contributed by atoms with E-state index in [1.54, 1.807) is 19.3 Å². The summed E-state index contributed by atoms with van der Waals surface area (Å²) in [5, 5.41) is 13.5. The van der Waals surface area contributed by atoms with E-state index in [0.29, 0.717) is 11.3 Å². The molecule has 0 unspecified atom stereocenters. The Balaban J connectivity index is 2.87. The average molecular weight is 228 g/mol. The molecule has 0 aromatic carbocycles. The van der Waals surface area contributed by atoms with Crippen LogP contribution in [-0.4, -0.2) is 19.7 Å². The molecule has 12 heavy (non-hydrogen) atoms. The van der Waals surface area contributed by atoms with Gasteiger partial charge in [0.15, 0.2) is 11.4 Å². The summed E-state index contributed by atoms with van der Waals surface area (Å²) in [6, 6.07) is 0. The highest BCUT2D eigenvalue weighted by atomic mass is 79.9. The second kappa shape index (κ2) is 2.45. The summed E-state index contributed by atoms with van der Waals surface area (Å²) in [6.07, 6.45) is 3.37. The maximum absolute atomic E-state index is 9.43. The SMILES string of the molecule is Cc1nn2cc(Br)cnc2c1O. The fraction of sp³-hybridized carbons (Fsp3) is 0.143. The van der Waals surface area contributed by atoms with Crippen LogP contribution in [0.1, 0.15) is 5.69 Å². The summed E-state index contributed by atoms with van der Waals surface area (Å²) in [7, 11) is 0. The molecule has 0 aliphatic heterocycles. The highest BCUT2D eigenvalue weighted by Gasteiger charge is 2.07. The number of rotatable bonds is 0. The van der Waals surface area contributed by atoms with Crippen molar-refractivity contribution in [3.8, 4) is 5.75 Å². The highest BCUT2D eigenvalue weighted by molar-refractivity contribution is 9.10. The summed E-state index contributed by atoms with van der Waals surface area (Å²) < 4.78 is 2.37. The zero-order chi connectivity index (χ0) is 8.72. The first-order valence-electron chi connectivity index (χ1n) is 3.38. The molecule has 2 rings (SSSR count). The monoisotopic (exact) mass is 227 g/mol. The minimum absolute atomic E-state index is 0.141. The lowest BCUT2D eigenvalue weighted by molar-refractivity contribution is 0.475. The van der Waals surface area contributed by atoms with Crippen LogP contribution in [0.4, 0.5) is 0 Å². The summed E-state index contributed by atoms with van der Waals surface area (Å²) in [5.41, 5.74) is 1.07. The third-order valence-electron chi connectivity index (χ3n) is 1.59. The van der Waals surface area contributed by atoms with Gasteiger partial charge in [-0.05, 0) is 22.9 Å². The number of aromatic hydroxyl groups is 1. The molecule has 2 heterocycles. The average Bonchev–Trinajstić information content (AvgIpc) is 2.28. The maximum atomic E-state index is 9.43. The van der Waals surface area contributed by atoms with Crippen molar-refractivity contribution in [2.75, 3.05) is 0 Å². The van der Waals surface area contributed by atoms with Crippen LogP contribution in [-0.2, 0) is 0 Å². The van der Waals surface area contributed by atoms with Gasteiger partial charge in [0.25, 0.3) is 0 Å². The third-order valence-corrected chi connectivity index (χ3v) is 1.99. The van der Waals surface area contributed by atoms with Gasteiger partial charge in [0.1, 0.15) is 5.69 Å². The smallest absolute Gasteiger partial charge is 0.198 e. The Morgan fingerprint density at radius 3 is 3.08 bits per heavy atom. The van der Waals surface area contributed by atoms with Gasteiger partial charge in [-0.2, -0.15) is 5.10 Å². The van der Waals surface area contributed by atoms with Gasteiger partial charge in [0.2, 0.25) is 0 Å². The fourth-order valence-corrected chi connectivity index (χ4v) is 1.31. The van der Waals surface area contributed by atoms with Crippen molar-refractivity contribution in [2.24, 2.45) is 0 Å². The summed E-state index contributed by atoms with van der Waals surface area (Å²) in [5.74, 6) is 0.141. The number of nitrogens with zero attached hydrogens (tertiary/aromatic N) is 3. The van der Waals surface area contributed by atoms with Crippen LogP contribution in [0.25, 0.3) is 5.65 Å². The largest absolute Gasteiger partial charge is 0.503 e. The Morgan fingerprint density at radius 2 is 2.33 bits per heavy atom. The lowest BCUT2D eigenvalue weighted by Crippen LogP contribution is -1.88. The van der Waals surface area contributed by atoms with Gasteiger partial charge in [-0.3, -0.25) is 0 Å². The van der Waals surface area contributed by atoms with Gasteiger partial charge < -0.3 is 5.11 Å². The molecule has 0 spiro atoms. The summed E-state index contributed by atoms with van der Waals surface area (Å²) in [4.78, 5) is 4.00. The Labute approximate surface area is 77.0 Å². The van der Waals surface area contributed by atoms with Crippen molar-refractivity contribution in [1.29, 1.82) is 0 Å². The van der Waals surface area contributed by atoms with Crippen LogP contribution in [0.3, 0.4) is 0 Å². The second-order valence-corrected chi connectivity index (χ2v) is 3.39. The van der Waals surface area contributed by atoms with Crippen molar-refractivity contribution in [3.63, 3.8) is 0 Å². The lowest BCUT2D eigenvalue weighted by Gasteiger charge is -1.91. The predicted molar refractivity (Wildman–Crippen MR) is 47.1 cm³/mol. The van der Waals surface area contributed by atoms with E-state index in [1.165, 1.54) is 4.52 Å². The molecule has 5 heteroatoms. The molecular weight excluding hydrogens is 222 g/mol. The van der Waals surface area contributed by atoms with Gasteiger partial charge in [0, 0.05) is 12.4 Å². The van der Waals surface area contributed by atoms with Crippen molar-refractivity contribution in [3.05, 3.63) is 22.6 Å². The topological polar surface area (TPSA) is 50.4 Å². The molecule has 2 aromatic rings. The molecule has 0 aliphatic rings. The van der Waals surface area contributed by atoms with Gasteiger partial charge in [-0.15, -0.1) is 0 Å². The van der Waals surface area contributed by atoms with E-state index in [0.717, 1.165) is 4.47 Å². The molecule has 2 aromatic heterocycles. The number of hydrogen-bond donors (Lipinski definition) is 1. The predicted octanol–water partition coefficient (Wildman–Crippen LogP) is 1.51. The van der Waals surface area contributed by atoms with Crippen LogP contribution in [0.15, 0.2) is 16.9 Å². The van der Waals surface area contributed by atoms with Crippen molar-refractivity contribution in [1.82, 2.24) is 14.6 Å². The molecule has 0 saturated heterocycles. The van der Waals surface area contributed by atoms with Gasteiger partial charge in [0.05, 0.1) is 4.47 Å². The summed E-state index contributed by atoms with van der Waals surface area (Å²) in [6.45, 7) is 1.73. The minimum atomic E-state index is 0.141. The van der Waals surface area contributed by atoms with E-state index < -0.39 is 0 Å². The minimum Gasteiger partial charge on any atom is -0.503 e. The fourth-order valence-electron chi connectivity index (χ4n) is 1.01. The van der Waals surface area contributed by atoms with Gasteiger partial charge in [-0.25, -0.2) is 9.50 Å². The Hall–Kier alpha value is -1.10. The first kappa shape index (κ1) is 7.54. The molecule has 4 nitrogen and oxygen atoms in total. The highest BCUT2D eigenvalue weighted by Crippen LogP contribution is 2.21. The van der Waals surface area contributed by atoms with E-state index in [1.807, 2.05) is 0 Å². The lowest BCUT2D eigenvalue weighted by atomic mass is 10.4. The van der Waals surface area contributed by atoms with Gasteiger partial charge >= 0.3 is 0 Å². The summed E-state index contributed by atoms with van der Waals surface area (Å²) >= 11 is 3.26. The van der Waals surface area contributed by atoms with Crippen LogP contribution in [0.2, 0.25) is 0 Å². The first-order valence-corrected chi connectivity index (χ1v) is 4.17. The van der Waals surface area contributed by atoms with E-state index in [2.05, 4.69) is 26.0 Å².